The van der Waals surface area contributed by atoms with Crippen molar-refractivity contribution in [3.8, 4) is 0 Å². The number of esters is 1. The number of rotatable bonds is 6. The lowest BCUT2D eigenvalue weighted by Crippen LogP contribution is -2.57. The van der Waals surface area contributed by atoms with Crippen molar-refractivity contribution < 1.29 is 33.4 Å². The summed E-state index contributed by atoms with van der Waals surface area (Å²) in [7, 11) is 1.33. The zero-order valence-corrected chi connectivity index (χ0v) is 30.9. The van der Waals surface area contributed by atoms with Crippen molar-refractivity contribution in [2.45, 2.75) is 108 Å². The van der Waals surface area contributed by atoms with Gasteiger partial charge in [-0.25, -0.2) is 9.59 Å². The monoisotopic (exact) mass is 720 g/mol. The number of anilines is 1. The number of amides is 4. The molecule has 3 aromatic rings. The molecule has 3 aromatic carbocycles. The van der Waals surface area contributed by atoms with Crippen LogP contribution in [-0.4, -0.2) is 87.9 Å². The van der Waals surface area contributed by atoms with Crippen LogP contribution in [0.2, 0.25) is 0 Å². The van der Waals surface area contributed by atoms with E-state index >= 15 is 9.59 Å². The molecule has 5 atom stereocenters. The maximum Gasteiger partial charge on any atom is 0.415 e. The van der Waals surface area contributed by atoms with Crippen LogP contribution in [0.15, 0.2) is 78.9 Å². The molecule has 11 heteroatoms. The Morgan fingerprint density at radius 3 is 2.11 bits per heavy atom. The van der Waals surface area contributed by atoms with E-state index in [0.717, 1.165) is 22.3 Å². The highest BCUT2D eigenvalue weighted by Crippen LogP contribution is 2.42. The summed E-state index contributed by atoms with van der Waals surface area (Å²) in [4.78, 5) is 77.0. The van der Waals surface area contributed by atoms with Crippen LogP contribution < -0.4 is 4.90 Å². The highest BCUT2D eigenvalue weighted by Gasteiger charge is 2.50. The smallest absolute Gasteiger partial charge is 0.415 e. The lowest BCUT2D eigenvalue weighted by atomic mass is 9.91. The number of carbonyl (C=O) groups is 5. The molecule has 2 saturated heterocycles. The van der Waals surface area contributed by atoms with Gasteiger partial charge in [-0.05, 0) is 81.2 Å². The predicted molar refractivity (Wildman–Crippen MR) is 198 cm³/mol. The van der Waals surface area contributed by atoms with Gasteiger partial charge in [0.2, 0.25) is 17.7 Å². The van der Waals surface area contributed by atoms with Crippen LogP contribution in [0.4, 0.5) is 10.5 Å². The highest BCUT2D eigenvalue weighted by molar-refractivity contribution is 6.02. The maximum absolute atomic E-state index is 15.1. The summed E-state index contributed by atoms with van der Waals surface area (Å²) in [6.45, 7) is 6.13. The maximum atomic E-state index is 15.1. The Morgan fingerprint density at radius 1 is 0.717 bits per heavy atom. The number of hydrogen-bond donors (Lipinski definition) is 0. The Balaban J connectivity index is 1.23. The Labute approximate surface area is 310 Å². The average Bonchev–Trinajstić information content (AvgIpc) is 3.91. The SMILES string of the molecule is COC(=O)[C@@H]1CCCN1C(=O)C[C@H]1Cc2ccccc2CN1C(=O)[C@@H]1CC[C@H](c2ccccc2)N1C(=O)[C@H]1Cc2ccccc2N1C(=O)OC(C)(C)C. The number of likely N-dealkylation sites (tertiary alicyclic amines) is 2. The van der Waals surface area contributed by atoms with Crippen molar-refractivity contribution >= 4 is 35.5 Å². The molecule has 4 heterocycles. The number of carbonyl (C=O) groups excluding carboxylic acids is 5. The minimum Gasteiger partial charge on any atom is -0.467 e. The van der Waals surface area contributed by atoms with E-state index in [1.165, 1.54) is 12.0 Å². The summed E-state index contributed by atoms with van der Waals surface area (Å²) < 4.78 is 10.8. The third-order valence-electron chi connectivity index (χ3n) is 11.1. The van der Waals surface area contributed by atoms with E-state index < -0.39 is 47.9 Å². The molecule has 4 amide bonds. The van der Waals surface area contributed by atoms with Crippen LogP contribution in [0.3, 0.4) is 0 Å². The topological polar surface area (TPSA) is 117 Å². The Hall–Kier alpha value is -5.19. The summed E-state index contributed by atoms with van der Waals surface area (Å²) in [5.74, 6) is -1.17. The standard InChI is InChI=1S/C42H48N4O7/c1-42(2,3)53-41(51)46-32-18-11-10-16-29(32)24-36(46)39(49)45-33(27-13-6-5-7-14-27)20-21-34(45)38(48)44-26-30-17-9-8-15-28(30)23-31(44)25-37(47)43-22-12-19-35(43)40(50)52-4/h5-11,13-18,31,33-36H,12,19-26H2,1-4H3/t31-,33-,34+,35+,36-/m1/s1. The molecule has 0 radical (unpaired) electrons. The lowest BCUT2D eigenvalue weighted by Gasteiger charge is -2.41. The molecule has 0 aliphatic carbocycles. The van der Waals surface area contributed by atoms with E-state index in [1.807, 2.05) is 78.9 Å². The van der Waals surface area contributed by atoms with Crippen molar-refractivity contribution in [2.75, 3.05) is 18.6 Å². The molecule has 0 N–H and O–H groups in total. The van der Waals surface area contributed by atoms with E-state index in [1.54, 1.807) is 35.5 Å². The summed E-state index contributed by atoms with van der Waals surface area (Å²) in [5, 5.41) is 0. The Morgan fingerprint density at radius 2 is 1.40 bits per heavy atom. The van der Waals surface area contributed by atoms with Crippen LogP contribution >= 0.6 is 0 Å². The second-order valence-corrected chi connectivity index (χ2v) is 15.5. The van der Waals surface area contributed by atoms with Crippen molar-refractivity contribution in [1.29, 1.82) is 0 Å². The van der Waals surface area contributed by atoms with E-state index in [2.05, 4.69) is 0 Å². The molecule has 53 heavy (non-hydrogen) atoms. The molecular formula is C42H48N4O7. The largest absolute Gasteiger partial charge is 0.467 e. The molecule has 0 saturated carbocycles. The molecule has 7 rings (SSSR count). The average molecular weight is 721 g/mol. The molecule has 0 unspecified atom stereocenters. The van der Waals surface area contributed by atoms with Gasteiger partial charge in [0, 0.05) is 32.0 Å². The van der Waals surface area contributed by atoms with Gasteiger partial charge in [-0.15, -0.1) is 0 Å². The van der Waals surface area contributed by atoms with Crippen LogP contribution in [0.25, 0.3) is 0 Å². The van der Waals surface area contributed by atoms with Crippen LogP contribution in [0.1, 0.15) is 81.2 Å². The number of nitrogens with zero attached hydrogens (tertiary/aromatic N) is 4. The van der Waals surface area contributed by atoms with Gasteiger partial charge >= 0.3 is 12.1 Å². The highest BCUT2D eigenvalue weighted by atomic mass is 16.6. The quantitative estimate of drug-likeness (QED) is 0.305. The minimum absolute atomic E-state index is 0.0424. The molecule has 4 aliphatic heterocycles. The molecule has 278 valence electrons. The fourth-order valence-corrected chi connectivity index (χ4v) is 8.64. The predicted octanol–water partition coefficient (Wildman–Crippen LogP) is 5.59. The van der Waals surface area contributed by atoms with Crippen LogP contribution in [0.5, 0.6) is 0 Å². The minimum atomic E-state index is -0.910. The van der Waals surface area contributed by atoms with Crippen LogP contribution in [0, 0.1) is 0 Å². The fourth-order valence-electron chi connectivity index (χ4n) is 8.64. The second-order valence-electron chi connectivity index (χ2n) is 15.5. The van der Waals surface area contributed by atoms with Gasteiger partial charge in [-0.2, -0.15) is 0 Å². The van der Waals surface area contributed by atoms with Crippen molar-refractivity contribution in [3.05, 3.63) is 101 Å². The number of benzene rings is 3. The first-order valence-electron chi connectivity index (χ1n) is 18.7. The number of para-hydroxylation sites is 1. The molecule has 4 aliphatic rings. The second kappa shape index (κ2) is 14.7. The number of hydrogen-bond acceptors (Lipinski definition) is 7. The van der Waals surface area contributed by atoms with E-state index in [9.17, 15) is 14.4 Å². The van der Waals surface area contributed by atoms with Crippen molar-refractivity contribution in [3.63, 3.8) is 0 Å². The van der Waals surface area contributed by atoms with Gasteiger partial charge in [0.1, 0.15) is 23.7 Å². The zero-order chi connectivity index (χ0) is 37.4. The number of methoxy groups -OCH3 is 1. The summed E-state index contributed by atoms with van der Waals surface area (Å²) in [6, 6.07) is 21.9. The van der Waals surface area contributed by atoms with E-state index in [0.29, 0.717) is 57.3 Å². The Bertz CT molecular complexity index is 1890. The molecule has 0 bridgehead atoms. The van der Waals surface area contributed by atoms with Gasteiger partial charge < -0.3 is 24.2 Å². The first kappa shape index (κ1) is 36.2. The molecule has 11 nitrogen and oxygen atoms in total. The van der Waals surface area contributed by atoms with Crippen LogP contribution in [-0.2, 0) is 48.0 Å². The summed E-state index contributed by atoms with van der Waals surface area (Å²) in [6.07, 6.45) is 2.41. The summed E-state index contributed by atoms with van der Waals surface area (Å²) in [5.41, 5.74) is 3.66. The first-order valence-corrected chi connectivity index (χ1v) is 18.7. The van der Waals surface area contributed by atoms with Crippen molar-refractivity contribution in [2.24, 2.45) is 0 Å². The third kappa shape index (κ3) is 7.13. The number of fused-ring (bicyclic) bond motifs is 2. The lowest BCUT2D eigenvalue weighted by molar-refractivity contribution is -0.153. The normalized spacial score (nSPS) is 23.7. The number of ether oxygens (including phenoxy) is 2. The van der Waals surface area contributed by atoms with E-state index in [-0.39, 0.29) is 24.1 Å². The molecule has 0 aromatic heterocycles. The van der Waals surface area contributed by atoms with Gasteiger partial charge in [-0.1, -0.05) is 72.8 Å². The Kier molecular flexibility index (Phi) is 10.0. The van der Waals surface area contributed by atoms with Crippen molar-refractivity contribution in [1.82, 2.24) is 14.7 Å². The fraction of sp³-hybridized carbons (Fsp3) is 0.452. The zero-order valence-electron chi connectivity index (χ0n) is 30.9. The van der Waals surface area contributed by atoms with Gasteiger partial charge in [0.15, 0.2) is 0 Å². The van der Waals surface area contributed by atoms with E-state index in [4.69, 9.17) is 9.47 Å². The van der Waals surface area contributed by atoms with Gasteiger partial charge in [0.25, 0.3) is 0 Å². The summed E-state index contributed by atoms with van der Waals surface area (Å²) >= 11 is 0. The van der Waals surface area contributed by atoms with Gasteiger partial charge in [0.05, 0.1) is 18.8 Å². The molecule has 2 fully saturated rings. The molecule has 0 spiro atoms. The third-order valence-corrected chi connectivity index (χ3v) is 11.1. The van der Waals surface area contributed by atoms with Gasteiger partial charge in [-0.3, -0.25) is 19.3 Å². The molecular weight excluding hydrogens is 672 g/mol. The first-order chi connectivity index (χ1) is 25.4.